The number of aromatic nitrogens is 2. The highest BCUT2D eigenvalue weighted by molar-refractivity contribution is 5.97. The van der Waals surface area contributed by atoms with E-state index in [2.05, 4.69) is 53.4 Å². The molecule has 33 heavy (non-hydrogen) atoms. The van der Waals surface area contributed by atoms with Gasteiger partial charge < -0.3 is 15.2 Å². The molecular formula is C27H32N4O2. The molecular weight excluding hydrogens is 412 g/mol. The average molecular weight is 445 g/mol. The number of pyridine rings is 1. The number of amides is 2. The number of fused-ring (bicyclic) bond motifs is 1. The van der Waals surface area contributed by atoms with Crippen LogP contribution in [0.1, 0.15) is 66.7 Å². The number of carbonyl (C=O) groups is 2. The first-order valence-corrected chi connectivity index (χ1v) is 12.0. The van der Waals surface area contributed by atoms with E-state index in [1.807, 2.05) is 17.0 Å². The van der Waals surface area contributed by atoms with Crippen molar-refractivity contribution >= 4 is 22.7 Å². The standard InChI is InChI=1S/C27H32N4O2/c1-18-3-5-20(6-4-18)19(2)29-25(32)21-7-9-27(16-21)10-13-31(14-11-27)26(33)24-15-22-17-28-12-8-23(22)30-24/h3-6,8,12,15,17,19,21,30H,7,9-11,13-14,16H2,1-2H3,(H,29,32). The summed E-state index contributed by atoms with van der Waals surface area (Å²) in [6.45, 7) is 5.63. The molecule has 2 atom stereocenters. The SMILES string of the molecule is Cc1ccc(C(C)NC(=O)C2CCC3(CCN(C(=O)c4cc5cnccc5[nH]4)CC3)C2)cc1. The van der Waals surface area contributed by atoms with Crippen molar-refractivity contribution in [2.75, 3.05) is 13.1 Å². The molecule has 1 saturated carbocycles. The summed E-state index contributed by atoms with van der Waals surface area (Å²) >= 11 is 0. The van der Waals surface area contributed by atoms with Crippen molar-refractivity contribution in [1.29, 1.82) is 0 Å². The van der Waals surface area contributed by atoms with E-state index in [-0.39, 0.29) is 29.2 Å². The zero-order valence-electron chi connectivity index (χ0n) is 19.4. The van der Waals surface area contributed by atoms with Crippen molar-refractivity contribution in [3.8, 4) is 0 Å². The van der Waals surface area contributed by atoms with Gasteiger partial charge in [-0.1, -0.05) is 29.8 Å². The van der Waals surface area contributed by atoms with Crippen LogP contribution >= 0.6 is 0 Å². The van der Waals surface area contributed by atoms with Crippen molar-refractivity contribution in [2.24, 2.45) is 11.3 Å². The van der Waals surface area contributed by atoms with Gasteiger partial charge in [0.25, 0.3) is 5.91 Å². The molecule has 0 bridgehead atoms. The first-order valence-electron chi connectivity index (χ1n) is 12.0. The summed E-state index contributed by atoms with van der Waals surface area (Å²) < 4.78 is 0. The Morgan fingerprint density at radius 3 is 2.64 bits per heavy atom. The third kappa shape index (κ3) is 4.39. The number of hydrogen-bond donors (Lipinski definition) is 2. The first-order chi connectivity index (χ1) is 15.9. The van der Waals surface area contributed by atoms with Gasteiger partial charge >= 0.3 is 0 Å². The predicted octanol–water partition coefficient (Wildman–Crippen LogP) is 4.77. The number of carbonyl (C=O) groups excluding carboxylic acids is 2. The molecule has 3 aromatic rings. The smallest absolute Gasteiger partial charge is 0.270 e. The van der Waals surface area contributed by atoms with Gasteiger partial charge in [0, 0.05) is 42.3 Å². The topological polar surface area (TPSA) is 78.1 Å². The maximum absolute atomic E-state index is 13.0. The van der Waals surface area contributed by atoms with E-state index in [0.717, 1.165) is 61.7 Å². The number of piperidine rings is 1. The van der Waals surface area contributed by atoms with Crippen LogP contribution in [0.25, 0.3) is 10.9 Å². The lowest BCUT2D eigenvalue weighted by atomic mass is 9.76. The Hall–Kier alpha value is -3.15. The highest BCUT2D eigenvalue weighted by Gasteiger charge is 2.44. The zero-order valence-corrected chi connectivity index (χ0v) is 19.4. The number of H-pyrrole nitrogens is 1. The molecule has 6 nitrogen and oxygen atoms in total. The maximum Gasteiger partial charge on any atom is 0.270 e. The molecule has 1 aliphatic carbocycles. The zero-order chi connectivity index (χ0) is 23.0. The highest BCUT2D eigenvalue weighted by atomic mass is 16.2. The normalized spacial score (nSPS) is 20.8. The van der Waals surface area contributed by atoms with Crippen molar-refractivity contribution in [3.63, 3.8) is 0 Å². The fourth-order valence-corrected chi connectivity index (χ4v) is 5.60. The van der Waals surface area contributed by atoms with Gasteiger partial charge in [0.05, 0.1) is 6.04 Å². The second kappa shape index (κ2) is 8.65. The molecule has 2 unspecified atom stereocenters. The maximum atomic E-state index is 13.0. The highest BCUT2D eigenvalue weighted by Crippen LogP contribution is 2.49. The van der Waals surface area contributed by atoms with E-state index >= 15 is 0 Å². The van der Waals surface area contributed by atoms with Crippen molar-refractivity contribution in [3.05, 3.63) is 65.6 Å². The number of nitrogens with zero attached hydrogens (tertiary/aromatic N) is 2. The molecule has 2 N–H and O–H groups in total. The second-order valence-corrected chi connectivity index (χ2v) is 10.0. The molecule has 2 fully saturated rings. The van der Waals surface area contributed by atoms with E-state index in [4.69, 9.17) is 0 Å². The van der Waals surface area contributed by atoms with Crippen LogP contribution in [0.3, 0.4) is 0 Å². The van der Waals surface area contributed by atoms with Crippen LogP contribution in [0.5, 0.6) is 0 Å². The number of likely N-dealkylation sites (tertiary alicyclic amines) is 1. The summed E-state index contributed by atoms with van der Waals surface area (Å²) in [7, 11) is 0. The van der Waals surface area contributed by atoms with Gasteiger partial charge in [0.1, 0.15) is 5.69 Å². The van der Waals surface area contributed by atoms with E-state index < -0.39 is 0 Å². The molecule has 1 spiro atoms. The fraction of sp³-hybridized carbons (Fsp3) is 0.444. The monoisotopic (exact) mass is 444 g/mol. The first kappa shape index (κ1) is 21.7. The van der Waals surface area contributed by atoms with Gasteiger partial charge in [0.15, 0.2) is 0 Å². The van der Waals surface area contributed by atoms with E-state index in [0.29, 0.717) is 5.69 Å². The molecule has 2 aliphatic rings. The van der Waals surface area contributed by atoms with Crippen LogP contribution in [0.4, 0.5) is 0 Å². The lowest BCUT2D eigenvalue weighted by Gasteiger charge is -2.39. The summed E-state index contributed by atoms with van der Waals surface area (Å²) in [5.74, 6) is 0.298. The van der Waals surface area contributed by atoms with Gasteiger partial charge in [-0.3, -0.25) is 14.6 Å². The molecule has 1 aliphatic heterocycles. The van der Waals surface area contributed by atoms with Crippen LogP contribution in [0, 0.1) is 18.3 Å². The number of aryl methyl sites for hydroxylation is 1. The van der Waals surface area contributed by atoms with Gasteiger partial charge in [0.2, 0.25) is 5.91 Å². The molecule has 5 rings (SSSR count). The number of nitrogens with one attached hydrogen (secondary N) is 2. The van der Waals surface area contributed by atoms with Crippen molar-refractivity contribution in [1.82, 2.24) is 20.2 Å². The molecule has 6 heteroatoms. The third-order valence-electron chi connectivity index (χ3n) is 7.77. The minimum absolute atomic E-state index is 0.0145. The minimum Gasteiger partial charge on any atom is -0.350 e. The van der Waals surface area contributed by atoms with Crippen LogP contribution in [-0.2, 0) is 4.79 Å². The number of rotatable bonds is 4. The third-order valence-corrected chi connectivity index (χ3v) is 7.77. The van der Waals surface area contributed by atoms with Gasteiger partial charge in [-0.25, -0.2) is 0 Å². The molecule has 0 radical (unpaired) electrons. The Labute approximate surface area is 194 Å². The Morgan fingerprint density at radius 2 is 1.91 bits per heavy atom. The largest absolute Gasteiger partial charge is 0.350 e. The Balaban J connectivity index is 1.16. The van der Waals surface area contributed by atoms with E-state index in [1.54, 1.807) is 12.4 Å². The van der Waals surface area contributed by atoms with Crippen LogP contribution in [0.2, 0.25) is 0 Å². The summed E-state index contributed by atoms with van der Waals surface area (Å²) in [4.78, 5) is 35.3. The second-order valence-electron chi connectivity index (χ2n) is 10.0. The quantitative estimate of drug-likeness (QED) is 0.608. The number of hydrogen-bond acceptors (Lipinski definition) is 3. The Kier molecular flexibility index (Phi) is 5.69. The predicted molar refractivity (Wildman–Crippen MR) is 129 cm³/mol. The molecule has 1 aromatic carbocycles. The van der Waals surface area contributed by atoms with E-state index in [1.165, 1.54) is 5.56 Å². The number of benzene rings is 1. The van der Waals surface area contributed by atoms with Crippen LogP contribution in [0.15, 0.2) is 48.8 Å². The molecule has 1 saturated heterocycles. The molecule has 2 aromatic heterocycles. The van der Waals surface area contributed by atoms with Crippen LogP contribution < -0.4 is 5.32 Å². The van der Waals surface area contributed by atoms with Gasteiger partial charge in [-0.2, -0.15) is 0 Å². The van der Waals surface area contributed by atoms with Gasteiger partial charge in [-0.05, 0) is 69.1 Å². The summed E-state index contributed by atoms with van der Waals surface area (Å²) in [5, 5.41) is 4.19. The Morgan fingerprint density at radius 1 is 1.15 bits per heavy atom. The molecule has 2 amide bonds. The lowest BCUT2D eigenvalue weighted by Crippen LogP contribution is -2.43. The number of aromatic amines is 1. The summed E-state index contributed by atoms with van der Waals surface area (Å²) in [5.41, 5.74) is 4.12. The lowest BCUT2D eigenvalue weighted by molar-refractivity contribution is -0.125. The average Bonchev–Trinajstić information content (AvgIpc) is 3.44. The van der Waals surface area contributed by atoms with Crippen molar-refractivity contribution in [2.45, 2.75) is 52.0 Å². The summed E-state index contributed by atoms with van der Waals surface area (Å²) in [6.07, 6.45) is 8.39. The molecule has 172 valence electrons. The van der Waals surface area contributed by atoms with Crippen molar-refractivity contribution < 1.29 is 9.59 Å². The van der Waals surface area contributed by atoms with Gasteiger partial charge in [-0.15, -0.1) is 0 Å². The summed E-state index contributed by atoms with van der Waals surface area (Å²) in [6, 6.07) is 12.1. The minimum atomic E-state index is 0.0145. The van der Waals surface area contributed by atoms with E-state index in [9.17, 15) is 9.59 Å². The van der Waals surface area contributed by atoms with Crippen LogP contribution in [-0.4, -0.2) is 39.8 Å². The Bertz CT molecular complexity index is 1130. The fourth-order valence-electron chi connectivity index (χ4n) is 5.60. The molecule has 3 heterocycles.